The van der Waals surface area contributed by atoms with Gasteiger partial charge in [-0.3, -0.25) is 5.41 Å². The van der Waals surface area contributed by atoms with Gasteiger partial charge in [0.05, 0.1) is 0 Å². The van der Waals surface area contributed by atoms with Crippen molar-refractivity contribution in [2.24, 2.45) is 5.73 Å². The molecule has 0 atom stereocenters. The van der Waals surface area contributed by atoms with E-state index in [1.54, 1.807) is 18.3 Å². The zero-order valence-electron chi connectivity index (χ0n) is 12.7. The van der Waals surface area contributed by atoms with Crippen molar-refractivity contribution in [1.82, 2.24) is 4.98 Å². The minimum absolute atomic E-state index is 0.102. The third-order valence-electron chi connectivity index (χ3n) is 3.77. The van der Waals surface area contributed by atoms with Crippen molar-refractivity contribution in [3.05, 3.63) is 53.9 Å². The summed E-state index contributed by atoms with van der Waals surface area (Å²) in [5, 5.41) is 7.52. The SMILES string of the molecule is CCC(C)(C)c1ccc(Oc2cccnc2C(=N)N)cc1. The molecular weight excluding hydrogens is 262 g/mol. The maximum absolute atomic E-state index is 7.52. The molecule has 0 saturated heterocycles. The van der Waals surface area contributed by atoms with Crippen LogP contribution in [0.1, 0.15) is 38.4 Å². The molecule has 1 aromatic heterocycles. The van der Waals surface area contributed by atoms with Crippen molar-refractivity contribution >= 4 is 5.84 Å². The average molecular weight is 283 g/mol. The van der Waals surface area contributed by atoms with Crippen LogP contribution in [0.2, 0.25) is 0 Å². The Balaban J connectivity index is 2.24. The molecule has 1 aromatic carbocycles. The first-order valence-corrected chi connectivity index (χ1v) is 7.02. The number of nitrogen functional groups attached to an aromatic ring is 1. The Morgan fingerprint density at radius 1 is 1.24 bits per heavy atom. The lowest BCUT2D eigenvalue weighted by Gasteiger charge is -2.23. The summed E-state index contributed by atoms with van der Waals surface area (Å²) in [6, 6.07) is 11.5. The Labute approximate surface area is 125 Å². The summed E-state index contributed by atoms with van der Waals surface area (Å²) in [5.41, 5.74) is 7.29. The van der Waals surface area contributed by atoms with Crippen molar-refractivity contribution in [2.75, 3.05) is 0 Å². The van der Waals surface area contributed by atoms with Gasteiger partial charge in [0, 0.05) is 6.20 Å². The van der Waals surface area contributed by atoms with Gasteiger partial charge in [0.15, 0.2) is 5.75 Å². The summed E-state index contributed by atoms with van der Waals surface area (Å²) in [4.78, 5) is 4.07. The fourth-order valence-electron chi connectivity index (χ4n) is 1.98. The standard InChI is InChI=1S/C17H21N3O/c1-4-17(2,3)12-7-9-13(10-8-12)21-14-6-5-11-20-15(14)16(18)19/h5-11H,4H2,1-3H3,(H3,18,19). The maximum Gasteiger partial charge on any atom is 0.156 e. The third-order valence-corrected chi connectivity index (χ3v) is 3.77. The molecule has 1 heterocycles. The first-order valence-electron chi connectivity index (χ1n) is 7.02. The Bertz CT molecular complexity index is 633. The van der Waals surface area contributed by atoms with Gasteiger partial charge >= 0.3 is 0 Å². The number of benzene rings is 1. The van der Waals surface area contributed by atoms with Crippen LogP contribution in [0.4, 0.5) is 0 Å². The molecule has 2 aromatic rings. The smallest absolute Gasteiger partial charge is 0.156 e. The lowest BCUT2D eigenvalue weighted by molar-refractivity contribution is 0.475. The molecule has 21 heavy (non-hydrogen) atoms. The van der Waals surface area contributed by atoms with Crippen molar-refractivity contribution in [2.45, 2.75) is 32.6 Å². The molecular formula is C17H21N3O. The predicted octanol–water partition coefficient (Wildman–Crippen LogP) is 3.85. The van der Waals surface area contributed by atoms with Crippen molar-refractivity contribution in [3.63, 3.8) is 0 Å². The van der Waals surface area contributed by atoms with Gasteiger partial charge in [-0.25, -0.2) is 4.98 Å². The second kappa shape index (κ2) is 5.95. The summed E-state index contributed by atoms with van der Waals surface area (Å²) in [5.74, 6) is 1.10. The van der Waals surface area contributed by atoms with Gasteiger partial charge in [-0.15, -0.1) is 0 Å². The average Bonchev–Trinajstić information content (AvgIpc) is 2.48. The number of nitrogens with two attached hydrogens (primary N) is 1. The van der Waals surface area contributed by atoms with Crippen LogP contribution in [0, 0.1) is 5.41 Å². The lowest BCUT2D eigenvalue weighted by atomic mass is 9.82. The Kier molecular flexibility index (Phi) is 4.26. The summed E-state index contributed by atoms with van der Waals surface area (Å²) >= 11 is 0. The molecule has 0 bridgehead atoms. The number of ether oxygens (including phenoxy) is 1. The van der Waals surface area contributed by atoms with E-state index in [9.17, 15) is 0 Å². The molecule has 0 saturated carbocycles. The molecule has 0 aliphatic heterocycles. The van der Waals surface area contributed by atoms with E-state index in [2.05, 4.69) is 37.9 Å². The molecule has 4 heteroatoms. The molecule has 0 fully saturated rings. The number of pyridine rings is 1. The van der Waals surface area contributed by atoms with Gasteiger partial charge in [-0.1, -0.05) is 32.9 Å². The van der Waals surface area contributed by atoms with Gasteiger partial charge < -0.3 is 10.5 Å². The number of hydrogen-bond acceptors (Lipinski definition) is 3. The lowest BCUT2D eigenvalue weighted by Crippen LogP contribution is -2.15. The Morgan fingerprint density at radius 3 is 2.48 bits per heavy atom. The van der Waals surface area contributed by atoms with Crippen LogP contribution in [0.3, 0.4) is 0 Å². The van der Waals surface area contributed by atoms with Crippen LogP contribution in [0.5, 0.6) is 11.5 Å². The second-order valence-corrected chi connectivity index (χ2v) is 5.63. The summed E-state index contributed by atoms with van der Waals surface area (Å²) in [6.07, 6.45) is 2.67. The largest absolute Gasteiger partial charge is 0.455 e. The highest BCUT2D eigenvalue weighted by atomic mass is 16.5. The van der Waals surface area contributed by atoms with Crippen LogP contribution in [0.15, 0.2) is 42.6 Å². The van der Waals surface area contributed by atoms with Crippen molar-refractivity contribution in [3.8, 4) is 11.5 Å². The molecule has 110 valence electrons. The first-order chi connectivity index (χ1) is 9.94. The zero-order valence-corrected chi connectivity index (χ0v) is 12.7. The van der Waals surface area contributed by atoms with Gasteiger partial charge in [0.1, 0.15) is 17.3 Å². The van der Waals surface area contributed by atoms with E-state index < -0.39 is 0 Å². The number of rotatable bonds is 5. The maximum atomic E-state index is 7.52. The van der Waals surface area contributed by atoms with E-state index in [0.29, 0.717) is 17.2 Å². The number of nitrogens with one attached hydrogen (secondary N) is 1. The van der Waals surface area contributed by atoms with Crippen LogP contribution >= 0.6 is 0 Å². The van der Waals surface area contributed by atoms with Gasteiger partial charge in [0.25, 0.3) is 0 Å². The monoisotopic (exact) mass is 283 g/mol. The molecule has 2 rings (SSSR count). The normalized spacial score (nSPS) is 11.2. The highest BCUT2D eigenvalue weighted by Gasteiger charge is 2.17. The quantitative estimate of drug-likeness (QED) is 0.646. The van der Waals surface area contributed by atoms with Gasteiger partial charge in [-0.05, 0) is 41.7 Å². The third kappa shape index (κ3) is 3.40. The topological polar surface area (TPSA) is 72.0 Å². The molecule has 0 aliphatic carbocycles. The fourth-order valence-corrected chi connectivity index (χ4v) is 1.98. The van der Waals surface area contributed by atoms with Gasteiger partial charge in [-0.2, -0.15) is 0 Å². The van der Waals surface area contributed by atoms with E-state index in [1.807, 2.05) is 12.1 Å². The van der Waals surface area contributed by atoms with Gasteiger partial charge in [0.2, 0.25) is 0 Å². The van der Waals surface area contributed by atoms with E-state index in [0.717, 1.165) is 6.42 Å². The highest BCUT2D eigenvalue weighted by molar-refractivity contribution is 5.95. The number of nitrogens with zero attached hydrogens (tertiary/aromatic N) is 1. The summed E-state index contributed by atoms with van der Waals surface area (Å²) in [7, 11) is 0. The summed E-state index contributed by atoms with van der Waals surface area (Å²) in [6.45, 7) is 6.62. The molecule has 0 spiro atoms. The van der Waals surface area contributed by atoms with Crippen LogP contribution in [-0.2, 0) is 5.41 Å². The van der Waals surface area contributed by atoms with E-state index in [4.69, 9.17) is 15.9 Å². The highest BCUT2D eigenvalue weighted by Crippen LogP contribution is 2.30. The molecule has 4 nitrogen and oxygen atoms in total. The second-order valence-electron chi connectivity index (χ2n) is 5.63. The van der Waals surface area contributed by atoms with Crippen LogP contribution in [-0.4, -0.2) is 10.8 Å². The fraction of sp³-hybridized carbons (Fsp3) is 0.294. The predicted molar refractivity (Wildman–Crippen MR) is 85.1 cm³/mol. The Hall–Kier alpha value is -2.36. The first kappa shape index (κ1) is 15.0. The minimum atomic E-state index is -0.102. The number of amidine groups is 1. The summed E-state index contributed by atoms with van der Waals surface area (Å²) < 4.78 is 5.79. The van der Waals surface area contributed by atoms with Crippen molar-refractivity contribution < 1.29 is 4.74 Å². The molecule has 0 amide bonds. The van der Waals surface area contributed by atoms with Crippen LogP contribution in [0.25, 0.3) is 0 Å². The molecule has 0 aliphatic rings. The van der Waals surface area contributed by atoms with Crippen molar-refractivity contribution in [1.29, 1.82) is 5.41 Å². The molecule has 0 radical (unpaired) electrons. The number of hydrogen-bond donors (Lipinski definition) is 2. The van der Waals surface area contributed by atoms with E-state index >= 15 is 0 Å². The van der Waals surface area contributed by atoms with E-state index in [-0.39, 0.29) is 11.3 Å². The Morgan fingerprint density at radius 2 is 1.90 bits per heavy atom. The molecule has 3 N–H and O–H groups in total. The van der Waals surface area contributed by atoms with E-state index in [1.165, 1.54) is 5.56 Å². The number of aromatic nitrogens is 1. The van der Waals surface area contributed by atoms with Crippen LogP contribution < -0.4 is 10.5 Å². The zero-order chi connectivity index (χ0) is 15.5. The molecule has 0 unspecified atom stereocenters. The minimum Gasteiger partial charge on any atom is -0.455 e.